The molecule has 1 aromatic heterocycles. The Morgan fingerprint density at radius 3 is 2.72 bits per heavy atom. The predicted molar refractivity (Wildman–Crippen MR) is 115 cm³/mol. The van der Waals surface area contributed by atoms with Gasteiger partial charge in [0.2, 0.25) is 11.8 Å². The number of nitrogens with zero attached hydrogens (tertiary/aromatic N) is 2. The van der Waals surface area contributed by atoms with Crippen molar-refractivity contribution in [2.75, 3.05) is 31.6 Å². The molecule has 1 saturated carbocycles. The van der Waals surface area contributed by atoms with Crippen molar-refractivity contribution in [2.24, 2.45) is 11.7 Å². The van der Waals surface area contributed by atoms with Gasteiger partial charge < -0.3 is 25.3 Å². The average molecular weight is 421 g/mol. The Labute approximate surface area is 177 Å². The van der Waals surface area contributed by atoms with Crippen LogP contribution in [0, 0.1) is 5.92 Å². The zero-order valence-corrected chi connectivity index (χ0v) is 17.3. The molecule has 3 N–H and O–H groups in total. The number of fused-ring (bicyclic) bond motifs is 1. The van der Waals surface area contributed by atoms with Crippen molar-refractivity contribution >= 4 is 40.8 Å². The van der Waals surface area contributed by atoms with Crippen molar-refractivity contribution in [3.63, 3.8) is 0 Å². The summed E-state index contributed by atoms with van der Waals surface area (Å²) in [6.07, 6.45) is 5.61. The normalized spacial score (nSPS) is 22.2. The summed E-state index contributed by atoms with van der Waals surface area (Å²) in [6, 6.07) is 7.94. The van der Waals surface area contributed by atoms with Crippen LogP contribution in [0.5, 0.6) is 0 Å². The molecule has 8 heteroatoms. The van der Waals surface area contributed by atoms with Gasteiger partial charge in [0, 0.05) is 47.8 Å². The standard InChI is InChI=1S/C21H28N4O3.ClH/c22-17-3-1-2-16(12-17)21(27)23-18-4-5-19-15(13-18)6-7-25(19)14-20(26)24-8-10-28-11-9-24;/h4-7,13,16-17H,1-3,8-12,14,22H2,(H,23,27);1H. The number of hydrogen-bond donors (Lipinski definition) is 2. The second-order valence-electron chi connectivity index (χ2n) is 7.82. The zero-order valence-electron chi connectivity index (χ0n) is 16.5. The summed E-state index contributed by atoms with van der Waals surface area (Å²) in [5.41, 5.74) is 7.78. The summed E-state index contributed by atoms with van der Waals surface area (Å²) in [6.45, 7) is 2.83. The summed E-state index contributed by atoms with van der Waals surface area (Å²) in [7, 11) is 0. The molecular weight excluding hydrogens is 392 g/mol. The van der Waals surface area contributed by atoms with E-state index in [0.717, 1.165) is 42.3 Å². The maximum atomic E-state index is 12.5. The van der Waals surface area contributed by atoms with E-state index >= 15 is 0 Å². The Balaban J connectivity index is 0.00000240. The van der Waals surface area contributed by atoms with Crippen LogP contribution >= 0.6 is 12.4 Å². The van der Waals surface area contributed by atoms with E-state index in [2.05, 4.69) is 5.32 Å². The molecule has 158 valence electrons. The number of morpholine rings is 1. The lowest BCUT2D eigenvalue weighted by molar-refractivity contribution is -0.135. The molecule has 0 spiro atoms. The van der Waals surface area contributed by atoms with Crippen LogP contribution in [0.15, 0.2) is 30.5 Å². The second-order valence-corrected chi connectivity index (χ2v) is 7.82. The summed E-state index contributed by atoms with van der Waals surface area (Å²) < 4.78 is 7.26. The van der Waals surface area contributed by atoms with Crippen molar-refractivity contribution in [2.45, 2.75) is 38.3 Å². The third-order valence-electron chi connectivity index (χ3n) is 5.79. The highest BCUT2D eigenvalue weighted by atomic mass is 35.5. The first-order chi connectivity index (χ1) is 13.6. The molecule has 0 radical (unpaired) electrons. The van der Waals surface area contributed by atoms with E-state index in [1.165, 1.54) is 0 Å². The lowest BCUT2D eigenvalue weighted by atomic mass is 9.85. The van der Waals surface area contributed by atoms with E-state index in [4.69, 9.17) is 10.5 Å². The van der Waals surface area contributed by atoms with Crippen LogP contribution in [0.2, 0.25) is 0 Å². The first kappa shape index (κ1) is 21.6. The number of amides is 2. The highest BCUT2D eigenvalue weighted by Gasteiger charge is 2.25. The van der Waals surface area contributed by atoms with Gasteiger partial charge in [0.15, 0.2) is 0 Å². The maximum Gasteiger partial charge on any atom is 0.242 e. The SMILES string of the molecule is Cl.NC1CCCC(C(=O)Nc2ccc3c(ccn3CC(=O)N3CCOCC3)c2)C1. The van der Waals surface area contributed by atoms with Crippen LogP contribution in [0.25, 0.3) is 10.9 Å². The summed E-state index contributed by atoms with van der Waals surface area (Å²) in [4.78, 5) is 26.9. The third-order valence-corrected chi connectivity index (χ3v) is 5.79. The van der Waals surface area contributed by atoms with E-state index in [9.17, 15) is 9.59 Å². The zero-order chi connectivity index (χ0) is 19.5. The van der Waals surface area contributed by atoms with Crippen LogP contribution in [0.4, 0.5) is 5.69 Å². The number of anilines is 1. The lowest BCUT2D eigenvalue weighted by Gasteiger charge is -2.27. The molecule has 4 rings (SSSR count). The van der Waals surface area contributed by atoms with Gasteiger partial charge in [0.1, 0.15) is 6.54 Å². The van der Waals surface area contributed by atoms with Crippen LogP contribution < -0.4 is 11.1 Å². The van der Waals surface area contributed by atoms with Crippen molar-refractivity contribution in [1.82, 2.24) is 9.47 Å². The lowest BCUT2D eigenvalue weighted by Crippen LogP contribution is -2.42. The van der Waals surface area contributed by atoms with Gasteiger partial charge in [-0.1, -0.05) is 6.42 Å². The molecule has 2 unspecified atom stereocenters. The molecule has 2 heterocycles. The fraction of sp³-hybridized carbons (Fsp3) is 0.524. The minimum atomic E-state index is -0.00445. The van der Waals surface area contributed by atoms with Crippen molar-refractivity contribution in [3.8, 4) is 0 Å². The number of rotatable bonds is 4. The van der Waals surface area contributed by atoms with E-state index in [0.29, 0.717) is 32.8 Å². The first-order valence-electron chi connectivity index (χ1n) is 10.1. The Morgan fingerprint density at radius 2 is 1.97 bits per heavy atom. The number of nitrogens with two attached hydrogens (primary N) is 1. The molecule has 29 heavy (non-hydrogen) atoms. The fourth-order valence-corrected chi connectivity index (χ4v) is 4.18. The van der Waals surface area contributed by atoms with Gasteiger partial charge in [0.05, 0.1) is 13.2 Å². The topological polar surface area (TPSA) is 89.6 Å². The Morgan fingerprint density at radius 1 is 1.17 bits per heavy atom. The number of aromatic nitrogens is 1. The predicted octanol–water partition coefficient (Wildman–Crippen LogP) is 2.38. The van der Waals surface area contributed by atoms with Crippen LogP contribution in [-0.4, -0.2) is 53.6 Å². The average Bonchev–Trinajstić information content (AvgIpc) is 3.10. The number of ether oxygens (including phenoxy) is 1. The van der Waals surface area contributed by atoms with Gasteiger partial charge >= 0.3 is 0 Å². The number of nitrogens with one attached hydrogen (secondary N) is 1. The molecule has 0 bridgehead atoms. The highest BCUT2D eigenvalue weighted by Crippen LogP contribution is 2.26. The first-order valence-corrected chi connectivity index (χ1v) is 10.1. The van der Waals surface area contributed by atoms with E-state index < -0.39 is 0 Å². The summed E-state index contributed by atoms with van der Waals surface area (Å²) in [5.74, 6) is 0.151. The molecule has 7 nitrogen and oxygen atoms in total. The van der Waals surface area contributed by atoms with Crippen LogP contribution in [0.1, 0.15) is 25.7 Å². The highest BCUT2D eigenvalue weighted by molar-refractivity contribution is 5.95. The van der Waals surface area contributed by atoms with Crippen LogP contribution in [-0.2, 0) is 20.9 Å². The molecule has 2 atom stereocenters. The van der Waals surface area contributed by atoms with Gasteiger partial charge in [-0.05, 0) is 43.5 Å². The monoisotopic (exact) mass is 420 g/mol. The molecule has 1 saturated heterocycles. The molecule has 2 fully saturated rings. The molecular formula is C21H29ClN4O3. The largest absolute Gasteiger partial charge is 0.378 e. The molecule has 2 amide bonds. The number of carbonyl (C=O) groups excluding carboxylic acids is 2. The van der Waals surface area contributed by atoms with Crippen LogP contribution in [0.3, 0.4) is 0 Å². The molecule has 1 aromatic carbocycles. The number of carbonyl (C=O) groups is 2. The van der Waals surface area contributed by atoms with Crippen molar-refractivity contribution in [3.05, 3.63) is 30.5 Å². The summed E-state index contributed by atoms with van der Waals surface area (Å²) >= 11 is 0. The number of halogens is 1. The van der Waals surface area contributed by atoms with Gasteiger partial charge in [-0.15, -0.1) is 12.4 Å². The third kappa shape index (κ3) is 5.10. The molecule has 2 aromatic rings. The Bertz CT molecular complexity index is 863. The minimum absolute atomic E-state index is 0. The van der Waals surface area contributed by atoms with Gasteiger partial charge in [-0.25, -0.2) is 0 Å². The van der Waals surface area contributed by atoms with Crippen molar-refractivity contribution in [1.29, 1.82) is 0 Å². The molecule has 2 aliphatic rings. The Kier molecular flexibility index (Phi) is 7.16. The summed E-state index contributed by atoms with van der Waals surface area (Å²) in [5, 5.41) is 4.04. The maximum absolute atomic E-state index is 12.5. The quantitative estimate of drug-likeness (QED) is 0.794. The number of benzene rings is 1. The Hall–Kier alpha value is -2.09. The van der Waals surface area contributed by atoms with E-state index in [1.54, 1.807) is 0 Å². The van der Waals surface area contributed by atoms with E-state index in [-0.39, 0.29) is 36.2 Å². The smallest absolute Gasteiger partial charge is 0.242 e. The van der Waals surface area contributed by atoms with Gasteiger partial charge in [-0.3, -0.25) is 9.59 Å². The number of hydrogen-bond acceptors (Lipinski definition) is 4. The minimum Gasteiger partial charge on any atom is -0.378 e. The van der Waals surface area contributed by atoms with Crippen molar-refractivity contribution < 1.29 is 14.3 Å². The fourth-order valence-electron chi connectivity index (χ4n) is 4.18. The molecule has 1 aliphatic carbocycles. The van der Waals surface area contributed by atoms with Gasteiger partial charge in [-0.2, -0.15) is 0 Å². The van der Waals surface area contributed by atoms with E-state index in [1.807, 2.05) is 39.9 Å². The molecule has 1 aliphatic heterocycles. The second kappa shape index (κ2) is 9.61. The van der Waals surface area contributed by atoms with Gasteiger partial charge in [0.25, 0.3) is 0 Å².